The summed E-state index contributed by atoms with van der Waals surface area (Å²) in [6.07, 6.45) is 0.302. The summed E-state index contributed by atoms with van der Waals surface area (Å²) >= 11 is 4.87. The number of hydrogen-bond donors (Lipinski definition) is 2. The fourth-order valence-electron chi connectivity index (χ4n) is 2.89. The number of carbonyl (C=O) groups excluding carboxylic acids is 1. The molecule has 2 atom stereocenters. The number of benzene rings is 2. The first-order chi connectivity index (χ1) is 13.6. The minimum atomic E-state index is -0.308. The molecular weight excluding hydrogens is 447 g/mol. The number of halogens is 2. The summed E-state index contributed by atoms with van der Waals surface area (Å²) in [4.78, 5) is 16.5. The predicted octanol–water partition coefficient (Wildman–Crippen LogP) is 4.01. The maximum Gasteiger partial charge on any atom is 0.237 e. The van der Waals surface area contributed by atoms with Gasteiger partial charge < -0.3 is 9.84 Å². The smallest absolute Gasteiger partial charge is 0.237 e. The molecule has 0 spiro atoms. The Bertz CT molecular complexity index is 982. The average molecular weight is 463 g/mol. The molecule has 4 rings (SSSR count). The molecule has 1 aliphatic heterocycles. The molecule has 0 saturated carbocycles. The number of nitrogens with zero attached hydrogens (tertiary/aromatic N) is 2. The third-order valence-electron chi connectivity index (χ3n) is 4.23. The minimum absolute atomic E-state index is 0.0640. The van der Waals surface area contributed by atoms with Crippen molar-refractivity contribution in [1.29, 1.82) is 0 Å². The van der Waals surface area contributed by atoms with Crippen LogP contribution in [0.15, 0.2) is 57.5 Å². The molecule has 6 nitrogen and oxygen atoms in total. The van der Waals surface area contributed by atoms with Crippen molar-refractivity contribution in [3.8, 4) is 11.4 Å². The van der Waals surface area contributed by atoms with Crippen molar-refractivity contribution >= 4 is 33.6 Å². The number of aromatic nitrogens is 2. The van der Waals surface area contributed by atoms with Crippen LogP contribution in [-0.4, -0.2) is 21.5 Å². The summed E-state index contributed by atoms with van der Waals surface area (Å²) < 4.78 is 19.4. The van der Waals surface area contributed by atoms with Crippen LogP contribution in [-0.2, 0) is 10.5 Å². The van der Waals surface area contributed by atoms with E-state index >= 15 is 0 Å². The summed E-state index contributed by atoms with van der Waals surface area (Å²) in [7, 11) is 0. The first-order valence-electron chi connectivity index (χ1n) is 8.58. The fourth-order valence-corrected chi connectivity index (χ4v) is 4.19. The van der Waals surface area contributed by atoms with Gasteiger partial charge in [-0.25, -0.2) is 4.39 Å². The molecule has 1 fully saturated rings. The molecule has 2 unspecified atom stereocenters. The maximum absolute atomic E-state index is 13.1. The van der Waals surface area contributed by atoms with E-state index in [1.807, 2.05) is 24.3 Å². The van der Waals surface area contributed by atoms with Gasteiger partial charge in [0.2, 0.25) is 17.6 Å². The highest BCUT2D eigenvalue weighted by molar-refractivity contribution is 9.10. The molecule has 144 valence electrons. The van der Waals surface area contributed by atoms with E-state index in [1.54, 1.807) is 12.1 Å². The summed E-state index contributed by atoms with van der Waals surface area (Å²) in [6, 6.07) is 13.6. The van der Waals surface area contributed by atoms with Gasteiger partial charge in [-0.2, -0.15) is 4.98 Å². The Labute approximate surface area is 173 Å². The van der Waals surface area contributed by atoms with Gasteiger partial charge in [0.15, 0.2) is 0 Å². The number of thioether (sulfide) groups is 1. The quantitative estimate of drug-likeness (QED) is 0.596. The molecule has 9 heteroatoms. The normalized spacial score (nSPS) is 19.4. The summed E-state index contributed by atoms with van der Waals surface area (Å²) in [5.74, 6) is 1.06. The number of hydrogen-bond acceptors (Lipinski definition) is 6. The van der Waals surface area contributed by atoms with Crippen molar-refractivity contribution in [2.45, 2.75) is 23.7 Å². The number of rotatable bonds is 5. The third-order valence-corrected chi connectivity index (χ3v) is 5.73. The van der Waals surface area contributed by atoms with E-state index in [4.69, 9.17) is 4.52 Å². The van der Waals surface area contributed by atoms with Crippen LogP contribution in [0.4, 0.5) is 4.39 Å². The highest BCUT2D eigenvalue weighted by Gasteiger charge is 2.27. The molecule has 1 aromatic heterocycles. The Morgan fingerprint density at radius 1 is 1.25 bits per heavy atom. The highest BCUT2D eigenvalue weighted by Crippen LogP contribution is 2.26. The minimum Gasteiger partial charge on any atom is -0.338 e. The van der Waals surface area contributed by atoms with E-state index in [9.17, 15) is 9.18 Å². The van der Waals surface area contributed by atoms with E-state index in [-0.39, 0.29) is 23.3 Å². The molecule has 3 aromatic rings. The average Bonchev–Trinajstić information content (AvgIpc) is 3.16. The second kappa shape index (κ2) is 8.42. The first-order valence-corrected chi connectivity index (χ1v) is 10.4. The van der Waals surface area contributed by atoms with Gasteiger partial charge in [-0.15, -0.1) is 11.8 Å². The molecule has 1 aliphatic rings. The Balaban J connectivity index is 1.39. The van der Waals surface area contributed by atoms with E-state index in [0.29, 0.717) is 23.9 Å². The Morgan fingerprint density at radius 3 is 2.86 bits per heavy atom. The molecule has 1 saturated heterocycles. The molecule has 0 radical (unpaired) electrons. The van der Waals surface area contributed by atoms with Gasteiger partial charge in [0.1, 0.15) is 11.3 Å². The summed E-state index contributed by atoms with van der Waals surface area (Å²) in [5, 5.41) is 10.2. The molecule has 0 aliphatic carbocycles. The van der Waals surface area contributed by atoms with E-state index in [1.165, 1.54) is 23.9 Å². The van der Waals surface area contributed by atoms with E-state index in [0.717, 1.165) is 15.6 Å². The van der Waals surface area contributed by atoms with Crippen molar-refractivity contribution in [2.75, 3.05) is 0 Å². The van der Waals surface area contributed by atoms with E-state index < -0.39 is 0 Å². The predicted molar refractivity (Wildman–Crippen MR) is 108 cm³/mol. The Morgan fingerprint density at radius 2 is 2.07 bits per heavy atom. The third kappa shape index (κ3) is 4.60. The number of amides is 1. The van der Waals surface area contributed by atoms with E-state index in [2.05, 4.69) is 36.7 Å². The zero-order valence-corrected chi connectivity index (χ0v) is 17.0. The van der Waals surface area contributed by atoms with Crippen LogP contribution < -0.4 is 10.6 Å². The molecule has 1 amide bonds. The standard InChI is InChI=1S/C19H16BrFN4O2S/c20-13-3-1-2-12(8-13)18-24-17(27-25-18)10-28-19-22-15(9-16(26)23-19)11-4-6-14(21)7-5-11/h1-8,15,19,22H,9-10H2,(H,23,26). The highest BCUT2D eigenvalue weighted by atomic mass is 79.9. The van der Waals surface area contributed by atoms with Crippen LogP contribution in [0, 0.1) is 5.82 Å². The van der Waals surface area contributed by atoms with Gasteiger partial charge in [-0.3, -0.25) is 10.1 Å². The van der Waals surface area contributed by atoms with Gasteiger partial charge in [0.25, 0.3) is 0 Å². The lowest BCUT2D eigenvalue weighted by Crippen LogP contribution is -2.50. The van der Waals surface area contributed by atoms with Gasteiger partial charge in [0, 0.05) is 22.5 Å². The van der Waals surface area contributed by atoms with Crippen LogP contribution in [0.1, 0.15) is 23.9 Å². The van der Waals surface area contributed by atoms with Crippen LogP contribution in [0.25, 0.3) is 11.4 Å². The van der Waals surface area contributed by atoms with Crippen molar-refractivity contribution in [3.05, 3.63) is 70.3 Å². The van der Waals surface area contributed by atoms with Crippen molar-refractivity contribution < 1.29 is 13.7 Å². The first kappa shape index (κ1) is 19.1. The summed E-state index contributed by atoms with van der Waals surface area (Å²) in [5.41, 5.74) is 1.42. The monoisotopic (exact) mass is 462 g/mol. The Kier molecular flexibility index (Phi) is 5.74. The molecule has 2 heterocycles. The number of carbonyl (C=O) groups is 1. The second-order valence-electron chi connectivity index (χ2n) is 6.26. The summed E-state index contributed by atoms with van der Waals surface area (Å²) in [6.45, 7) is 0. The SMILES string of the molecule is O=C1CC(c2ccc(F)cc2)NC(SCc2nc(-c3cccc(Br)c3)no2)N1. The lowest BCUT2D eigenvalue weighted by Gasteiger charge is -2.31. The van der Waals surface area contributed by atoms with Crippen molar-refractivity contribution in [2.24, 2.45) is 0 Å². The molecule has 2 aromatic carbocycles. The van der Waals surface area contributed by atoms with Crippen LogP contribution in [0.2, 0.25) is 0 Å². The molecule has 2 N–H and O–H groups in total. The van der Waals surface area contributed by atoms with Gasteiger partial charge >= 0.3 is 0 Å². The lowest BCUT2D eigenvalue weighted by molar-refractivity contribution is -0.123. The second-order valence-corrected chi connectivity index (χ2v) is 8.26. The maximum atomic E-state index is 13.1. The van der Waals surface area contributed by atoms with Gasteiger partial charge in [0.05, 0.1) is 5.75 Å². The molecule has 0 bridgehead atoms. The molecule has 28 heavy (non-hydrogen) atoms. The lowest BCUT2D eigenvalue weighted by atomic mass is 10.0. The van der Waals surface area contributed by atoms with Crippen molar-refractivity contribution in [1.82, 2.24) is 20.8 Å². The van der Waals surface area contributed by atoms with Crippen molar-refractivity contribution in [3.63, 3.8) is 0 Å². The largest absolute Gasteiger partial charge is 0.338 e. The van der Waals surface area contributed by atoms with Crippen LogP contribution >= 0.6 is 27.7 Å². The fraction of sp³-hybridized carbons (Fsp3) is 0.211. The van der Waals surface area contributed by atoms with Gasteiger partial charge in [-0.05, 0) is 29.8 Å². The van der Waals surface area contributed by atoms with Crippen LogP contribution in [0.3, 0.4) is 0 Å². The zero-order valence-electron chi connectivity index (χ0n) is 14.6. The van der Waals surface area contributed by atoms with Crippen LogP contribution in [0.5, 0.6) is 0 Å². The van der Waals surface area contributed by atoms with Gasteiger partial charge in [-0.1, -0.05) is 45.4 Å². The number of nitrogens with one attached hydrogen (secondary N) is 2. The Hall–Kier alpha value is -2.23. The topological polar surface area (TPSA) is 80.1 Å². The molecular formula is C19H16BrFN4O2S. The zero-order chi connectivity index (χ0) is 19.5.